The molecule has 2 aliphatic carbocycles. The van der Waals surface area contributed by atoms with Gasteiger partial charge in [0.05, 0.1) is 12.2 Å². The lowest BCUT2D eigenvalue weighted by Crippen LogP contribution is -2.19. The molecule has 3 rings (SSSR count). The van der Waals surface area contributed by atoms with Gasteiger partial charge in [0.25, 0.3) is 0 Å². The van der Waals surface area contributed by atoms with Crippen molar-refractivity contribution in [2.75, 3.05) is 0 Å². The van der Waals surface area contributed by atoms with Crippen LogP contribution in [0.5, 0.6) is 0 Å². The Morgan fingerprint density at radius 1 is 1.25 bits per heavy atom. The van der Waals surface area contributed by atoms with E-state index < -0.39 is 0 Å². The third-order valence-corrected chi connectivity index (χ3v) is 4.01. The van der Waals surface area contributed by atoms with E-state index >= 15 is 0 Å². The summed E-state index contributed by atoms with van der Waals surface area (Å²) in [4.78, 5) is 0. The molecule has 2 bridgehead atoms. The molecule has 1 nitrogen and oxygen atoms in total. The maximum Gasteiger partial charge on any atom is 0.0875 e. The molecule has 5 unspecified atom stereocenters. The Morgan fingerprint density at radius 2 is 2.08 bits per heavy atom. The van der Waals surface area contributed by atoms with Gasteiger partial charge in [0.1, 0.15) is 0 Å². The number of rotatable bonds is 2. The lowest BCUT2D eigenvalue weighted by molar-refractivity contribution is 0.239. The van der Waals surface area contributed by atoms with Crippen molar-refractivity contribution in [3.63, 3.8) is 0 Å². The normalized spacial score (nSPS) is 54.8. The van der Waals surface area contributed by atoms with Crippen LogP contribution < -0.4 is 0 Å². The fourth-order valence-corrected chi connectivity index (χ4v) is 3.61. The third-order valence-electron chi connectivity index (χ3n) is 4.01. The summed E-state index contributed by atoms with van der Waals surface area (Å²) in [5.74, 6) is 3.82. The molecule has 0 radical (unpaired) electrons. The second-order valence-corrected chi connectivity index (χ2v) is 5.35. The Labute approximate surface area is 74.5 Å². The number of ether oxygens (including phenoxy) is 1. The first-order valence-electron chi connectivity index (χ1n) is 5.41. The summed E-state index contributed by atoms with van der Waals surface area (Å²) in [5, 5.41) is 0. The molecule has 0 amide bonds. The van der Waals surface area contributed by atoms with Crippen LogP contribution in [-0.2, 0) is 4.74 Å². The van der Waals surface area contributed by atoms with Crippen LogP contribution in [0.1, 0.15) is 33.1 Å². The van der Waals surface area contributed by atoms with Crippen molar-refractivity contribution < 1.29 is 4.74 Å². The minimum atomic E-state index is 0.715. The van der Waals surface area contributed by atoms with Gasteiger partial charge in [-0.2, -0.15) is 0 Å². The van der Waals surface area contributed by atoms with E-state index in [1.807, 2.05) is 0 Å². The second kappa shape index (κ2) is 2.25. The highest BCUT2D eigenvalue weighted by molar-refractivity contribution is 5.10. The second-order valence-electron chi connectivity index (χ2n) is 5.35. The van der Waals surface area contributed by atoms with Gasteiger partial charge in [-0.25, -0.2) is 0 Å². The largest absolute Gasteiger partial charge is 0.369 e. The molecule has 12 heavy (non-hydrogen) atoms. The van der Waals surface area contributed by atoms with Crippen LogP contribution in [0, 0.1) is 23.7 Å². The predicted octanol–water partition coefficient (Wildman–Crippen LogP) is 2.46. The molecular weight excluding hydrogens is 148 g/mol. The van der Waals surface area contributed by atoms with Crippen LogP contribution in [0.3, 0.4) is 0 Å². The van der Waals surface area contributed by atoms with Crippen LogP contribution in [0.2, 0.25) is 0 Å². The van der Waals surface area contributed by atoms with Crippen LogP contribution in [-0.4, -0.2) is 12.2 Å². The highest BCUT2D eigenvalue weighted by atomic mass is 16.6. The highest BCUT2D eigenvalue weighted by Crippen LogP contribution is 2.59. The van der Waals surface area contributed by atoms with Gasteiger partial charge in [0.15, 0.2) is 0 Å². The lowest BCUT2D eigenvalue weighted by atomic mass is 9.83. The Morgan fingerprint density at radius 3 is 2.67 bits per heavy atom. The standard InChI is InChI=1S/C11H18O/c1-6(2)3-7-4-8-5-9(7)11-10(8)12-11/h6-11H,3-5H2,1-2H3. The van der Waals surface area contributed by atoms with Crippen LogP contribution in [0.25, 0.3) is 0 Å². The predicted molar refractivity (Wildman–Crippen MR) is 47.8 cm³/mol. The lowest BCUT2D eigenvalue weighted by Gasteiger charge is -2.20. The van der Waals surface area contributed by atoms with Crippen molar-refractivity contribution in [3.8, 4) is 0 Å². The van der Waals surface area contributed by atoms with Crippen molar-refractivity contribution in [2.24, 2.45) is 23.7 Å². The van der Waals surface area contributed by atoms with Crippen molar-refractivity contribution in [2.45, 2.75) is 45.3 Å². The Kier molecular flexibility index (Phi) is 1.39. The maximum atomic E-state index is 5.65. The van der Waals surface area contributed by atoms with Gasteiger partial charge in [-0.1, -0.05) is 13.8 Å². The summed E-state index contributed by atoms with van der Waals surface area (Å²) in [6, 6.07) is 0. The minimum absolute atomic E-state index is 0.715. The molecular formula is C11H18O. The third kappa shape index (κ3) is 0.891. The summed E-state index contributed by atoms with van der Waals surface area (Å²) in [7, 11) is 0. The Balaban J connectivity index is 1.68. The molecule has 0 aromatic rings. The zero-order chi connectivity index (χ0) is 8.29. The van der Waals surface area contributed by atoms with Crippen LogP contribution >= 0.6 is 0 Å². The first-order valence-corrected chi connectivity index (χ1v) is 5.41. The monoisotopic (exact) mass is 166 g/mol. The fraction of sp³-hybridized carbons (Fsp3) is 1.00. The van der Waals surface area contributed by atoms with Gasteiger partial charge in [0.2, 0.25) is 0 Å². The molecule has 1 saturated heterocycles. The van der Waals surface area contributed by atoms with E-state index in [0.29, 0.717) is 6.10 Å². The van der Waals surface area contributed by atoms with Gasteiger partial charge in [-0.3, -0.25) is 0 Å². The number of epoxide rings is 1. The molecule has 0 aromatic heterocycles. The van der Waals surface area contributed by atoms with E-state index in [1.54, 1.807) is 0 Å². The van der Waals surface area contributed by atoms with Gasteiger partial charge < -0.3 is 4.74 Å². The van der Waals surface area contributed by atoms with E-state index in [-0.39, 0.29) is 0 Å². The average Bonchev–Trinajstić information content (AvgIpc) is 2.61. The summed E-state index contributed by atoms with van der Waals surface area (Å²) >= 11 is 0. The van der Waals surface area contributed by atoms with Crippen molar-refractivity contribution in [1.29, 1.82) is 0 Å². The zero-order valence-corrected chi connectivity index (χ0v) is 7.99. The molecule has 1 heteroatoms. The van der Waals surface area contributed by atoms with Crippen molar-refractivity contribution >= 4 is 0 Å². The van der Waals surface area contributed by atoms with Crippen molar-refractivity contribution in [1.82, 2.24) is 0 Å². The number of fused-ring (bicyclic) bond motifs is 5. The minimum Gasteiger partial charge on any atom is -0.369 e. The molecule has 1 aliphatic heterocycles. The molecule has 0 aromatic carbocycles. The first kappa shape index (κ1) is 7.37. The van der Waals surface area contributed by atoms with Crippen LogP contribution in [0.4, 0.5) is 0 Å². The smallest absolute Gasteiger partial charge is 0.0875 e. The molecule has 3 fully saturated rings. The molecule has 68 valence electrons. The summed E-state index contributed by atoms with van der Waals surface area (Å²) in [5.41, 5.74) is 0. The van der Waals surface area contributed by atoms with Gasteiger partial charge in [-0.05, 0) is 42.9 Å². The number of hydrogen-bond acceptors (Lipinski definition) is 1. The molecule has 3 aliphatic rings. The zero-order valence-electron chi connectivity index (χ0n) is 7.99. The van der Waals surface area contributed by atoms with E-state index in [2.05, 4.69) is 13.8 Å². The van der Waals surface area contributed by atoms with E-state index in [1.165, 1.54) is 19.3 Å². The average molecular weight is 166 g/mol. The Bertz CT molecular complexity index is 197. The molecule has 0 spiro atoms. The first-order chi connectivity index (χ1) is 5.75. The molecule has 2 saturated carbocycles. The molecule has 0 N–H and O–H groups in total. The van der Waals surface area contributed by atoms with Gasteiger partial charge in [0, 0.05) is 0 Å². The van der Waals surface area contributed by atoms with Crippen LogP contribution in [0.15, 0.2) is 0 Å². The van der Waals surface area contributed by atoms with Gasteiger partial charge in [-0.15, -0.1) is 0 Å². The SMILES string of the molecule is CC(C)CC1CC2CC1C1OC21. The van der Waals surface area contributed by atoms with Gasteiger partial charge >= 0.3 is 0 Å². The molecule has 5 atom stereocenters. The summed E-state index contributed by atoms with van der Waals surface area (Å²) < 4.78 is 5.65. The fourth-order valence-electron chi connectivity index (χ4n) is 3.61. The Hall–Kier alpha value is -0.0400. The van der Waals surface area contributed by atoms with E-state index in [4.69, 9.17) is 4.74 Å². The van der Waals surface area contributed by atoms with Crippen molar-refractivity contribution in [3.05, 3.63) is 0 Å². The maximum absolute atomic E-state index is 5.65. The summed E-state index contributed by atoms with van der Waals surface area (Å²) in [6.07, 6.45) is 5.84. The summed E-state index contributed by atoms with van der Waals surface area (Å²) in [6.45, 7) is 4.69. The number of hydrogen-bond donors (Lipinski definition) is 0. The highest BCUT2D eigenvalue weighted by Gasteiger charge is 2.62. The quantitative estimate of drug-likeness (QED) is 0.574. The topological polar surface area (TPSA) is 12.5 Å². The van der Waals surface area contributed by atoms with E-state index in [0.717, 1.165) is 29.8 Å². The molecule has 1 heterocycles. The van der Waals surface area contributed by atoms with E-state index in [9.17, 15) is 0 Å².